The summed E-state index contributed by atoms with van der Waals surface area (Å²) in [6.45, 7) is 4.19. The zero-order valence-electron chi connectivity index (χ0n) is 38.4. The number of fused-ring (bicyclic) bond motifs is 10. The van der Waals surface area contributed by atoms with E-state index < -0.39 is 6.98 Å². The molecule has 0 fully saturated rings. The molecule has 3 aromatic heterocycles. The summed E-state index contributed by atoms with van der Waals surface area (Å²) in [5.41, 5.74) is 10.2. The van der Waals surface area contributed by atoms with Crippen molar-refractivity contribution in [1.82, 2.24) is 14.1 Å². The Kier molecular flexibility index (Phi) is 7.13. The van der Waals surface area contributed by atoms with E-state index in [9.17, 15) is 0 Å². The summed E-state index contributed by atoms with van der Waals surface area (Å²) in [7, 11) is 0. The average Bonchev–Trinajstić information content (AvgIpc) is 3.99. The molecule has 0 radical (unpaired) electrons. The zero-order chi connectivity index (χ0) is 45.3. The second-order valence-corrected chi connectivity index (χ2v) is 17.9. The fourth-order valence-electron chi connectivity index (χ4n) is 10.1. The molecule has 0 unspecified atom stereocenters. The Bertz CT molecular complexity index is 3690. The van der Waals surface area contributed by atoms with Gasteiger partial charge in [0.05, 0.1) is 40.3 Å². The molecule has 3 aliphatic rings. The lowest BCUT2D eigenvalue weighted by atomic mass is 9.35. The molecular weight excluding hydrogens is 789 g/mol. The van der Waals surface area contributed by atoms with Gasteiger partial charge in [-0.1, -0.05) is 87.5 Å². The van der Waals surface area contributed by atoms with Crippen LogP contribution in [0.5, 0.6) is 34.6 Å². The molecule has 0 saturated carbocycles. The minimum Gasteiger partial charge on any atom is -0.458 e. The van der Waals surface area contributed by atoms with Gasteiger partial charge in [-0.2, -0.15) is 0 Å². The Morgan fingerprint density at radius 3 is 2.19 bits per heavy atom. The molecule has 308 valence electrons. The van der Waals surface area contributed by atoms with Gasteiger partial charge >= 0.3 is 0 Å². The van der Waals surface area contributed by atoms with Gasteiger partial charge in [0, 0.05) is 56.8 Å². The van der Waals surface area contributed by atoms with Crippen LogP contribution >= 0.6 is 0 Å². The van der Waals surface area contributed by atoms with Crippen LogP contribution < -0.4 is 40.4 Å². The van der Waals surface area contributed by atoms with Gasteiger partial charge in [-0.3, -0.25) is 9.13 Å². The molecule has 8 nitrogen and oxygen atoms in total. The van der Waals surface area contributed by atoms with E-state index in [1.54, 1.807) is 0 Å². The number of ether oxygens (including phenoxy) is 3. The Balaban J connectivity index is 0.885. The van der Waals surface area contributed by atoms with Crippen LogP contribution in [0, 0.1) is 0 Å². The van der Waals surface area contributed by atoms with Crippen molar-refractivity contribution < 1.29 is 18.3 Å². The van der Waals surface area contributed by atoms with Crippen molar-refractivity contribution >= 4 is 72.9 Å². The summed E-state index contributed by atoms with van der Waals surface area (Å²) in [5, 5.41) is 3.29. The van der Waals surface area contributed by atoms with E-state index in [4.69, 9.17) is 23.3 Å². The number of benzene rings is 7. The van der Waals surface area contributed by atoms with Crippen molar-refractivity contribution in [2.45, 2.75) is 26.2 Å². The van der Waals surface area contributed by atoms with Crippen LogP contribution in [0.4, 0.5) is 17.1 Å². The first kappa shape index (κ1) is 33.7. The lowest BCUT2D eigenvalue weighted by molar-refractivity contribution is 0.448. The van der Waals surface area contributed by atoms with E-state index in [2.05, 4.69) is 109 Å². The second kappa shape index (κ2) is 13.5. The predicted octanol–water partition coefficient (Wildman–Crippen LogP) is 11.5. The lowest BCUT2D eigenvalue weighted by Gasteiger charge is -2.32. The number of anilines is 3. The highest BCUT2D eigenvalue weighted by molar-refractivity contribution is 6.99. The van der Waals surface area contributed by atoms with Crippen LogP contribution in [0.3, 0.4) is 0 Å². The largest absolute Gasteiger partial charge is 0.458 e. The highest BCUT2D eigenvalue weighted by Gasteiger charge is 2.43. The quantitative estimate of drug-likeness (QED) is 0.161. The van der Waals surface area contributed by atoms with Crippen LogP contribution in [-0.2, 0) is 5.41 Å². The van der Waals surface area contributed by atoms with Crippen molar-refractivity contribution in [3.8, 4) is 46.1 Å². The predicted molar refractivity (Wildman–Crippen MR) is 260 cm³/mol. The van der Waals surface area contributed by atoms with Crippen molar-refractivity contribution in [3.05, 3.63) is 176 Å². The molecule has 10 aromatic rings. The monoisotopic (exact) mass is 834 g/mol. The molecule has 6 heterocycles. The van der Waals surface area contributed by atoms with E-state index >= 15 is 0 Å². The molecule has 0 N–H and O–H groups in total. The number of rotatable bonds is 5. The highest BCUT2D eigenvalue weighted by atomic mass is 16.5. The summed E-state index contributed by atoms with van der Waals surface area (Å²) in [6, 6.07) is 55.2. The molecule has 3 aliphatic heterocycles. The fourth-order valence-corrected chi connectivity index (χ4v) is 10.1. The smallest absolute Gasteiger partial charge is 0.263 e. The summed E-state index contributed by atoms with van der Waals surface area (Å²) < 4.78 is 50.5. The number of hydrogen-bond acceptors (Lipinski definition) is 6. The molecule has 0 saturated heterocycles. The van der Waals surface area contributed by atoms with Crippen molar-refractivity contribution in [2.75, 3.05) is 23.4 Å². The van der Waals surface area contributed by atoms with Crippen molar-refractivity contribution in [1.29, 1.82) is 0 Å². The van der Waals surface area contributed by atoms with E-state index in [-0.39, 0.29) is 18.8 Å². The van der Waals surface area contributed by atoms with Crippen molar-refractivity contribution in [3.63, 3.8) is 0 Å². The van der Waals surface area contributed by atoms with Crippen LogP contribution in [0.1, 0.15) is 30.4 Å². The van der Waals surface area contributed by atoms with Gasteiger partial charge in [0.15, 0.2) is 0 Å². The third-order valence-corrected chi connectivity index (χ3v) is 13.1. The number of pyridine rings is 1. The summed E-state index contributed by atoms with van der Waals surface area (Å²) in [5.74, 6) is 5.17. The number of hydrogen-bond donors (Lipinski definition) is 0. The van der Waals surface area contributed by atoms with Crippen LogP contribution in [-0.4, -0.2) is 34.5 Å². The molecule has 0 aliphatic carbocycles. The first-order valence-electron chi connectivity index (χ1n) is 23.2. The van der Waals surface area contributed by atoms with Gasteiger partial charge in [0.1, 0.15) is 34.6 Å². The highest BCUT2D eigenvalue weighted by Crippen LogP contribution is 2.45. The van der Waals surface area contributed by atoms with Gasteiger partial charge in [-0.25, -0.2) is 4.98 Å². The number of aromatic nitrogens is 3. The minimum atomic E-state index is -2.43. The van der Waals surface area contributed by atoms with E-state index in [1.807, 2.05) is 96.0 Å². The van der Waals surface area contributed by atoms with Gasteiger partial charge in [0.25, 0.3) is 6.71 Å². The summed E-state index contributed by atoms with van der Waals surface area (Å²) in [4.78, 5) is 8.37. The first-order valence-corrected chi connectivity index (χ1v) is 21.7. The van der Waals surface area contributed by atoms with E-state index in [0.717, 1.165) is 89.2 Å². The maximum atomic E-state index is 8.74. The molecule has 64 heavy (non-hydrogen) atoms. The molecule has 0 bridgehead atoms. The maximum absolute atomic E-state index is 8.74. The molecule has 9 heteroatoms. The third-order valence-electron chi connectivity index (χ3n) is 13.1. The third kappa shape index (κ3) is 5.46. The molecule has 13 rings (SSSR count). The summed E-state index contributed by atoms with van der Waals surface area (Å²) in [6.07, 6.45) is 1.88. The Morgan fingerprint density at radius 1 is 0.594 bits per heavy atom. The number of nitrogens with zero attached hydrogens (tertiary/aromatic N) is 5. The van der Waals surface area contributed by atoms with Crippen molar-refractivity contribution in [2.24, 2.45) is 0 Å². The Labute approximate surface area is 375 Å². The van der Waals surface area contributed by atoms with Gasteiger partial charge in [-0.15, -0.1) is 0 Å². The zero-order valence-corrected chi connectivity index (χ0v) is 35.4. The number of para-hydroxylation sites is 3. The Morgan fingerprint density at radius 2 is 1.33 bits per heavy atom. The van der Waals surface area contributed by atoms with Crippen LogP contribution in [0.2, 0.25) is 0 Å². The fraction of sp³-hybridized carbons (Fsp3) is 0.109. The molecular formula is C55H42BN5O3. The normalized spacial score (nSPS) is 14.6. The topological polar surface area (TPSA) is 56.9 Å². The van der Waals surface area contributed by atoms with Gasteiger partial charge in [-0.05, 0) is 107 Å². The second-order valence-electron chi connectivity index (χ2n) is 17.9. The first-order chi connectivity index (χ1) is 32.5. The van der Waals surface area contributed by atoms with E-state index in [0.29, 0.717) is 23.1 Å². The maximum Gasteiger partial charge on any atom is 0.263 e. The minimum absolute atomic E-state index is 0.0437. The van der Waals surface area contributed by atoms with Crippen LogP contribution in [0.15, 0.2) is 170 Å². The Hall–Kier alpha value is -7.91. The summed E-state index contributed by atoms with van der Waals surface area (Å²) >= 11 is 0. The SMILES string of the molecule is [2H]C([2H])([2H])N1CN(c2cccc(Oc3ccc4c5ccccc5n(-c5cc(C(C)(C)C)ccn5)c4c3)c2)c2ccc(-n3c4c(c5ccccc53)B3c5ccccc5Oc5cccc(c53)O4)cc21. The van der Waals surface area contributed by atoms with Gasteiger partial charge < -0.3 is 24.0 Å². The molecule has 7 aromatic carbocycles. The standard InChI is InChI=1S/C55H42BN5O3/c1-55(2,3)34-27-28-57-51(29-34)61-43-18-8-5-15-39(43)40-25-24-38(32-46(40)61)62-37-14-11-13-35(30-37)59-33-58(4)47-31-36(23-26-45(47)59)60-44-19-9-6-16-41(44)52-54(60)64-50-22-12-21-49-53(50)56(52)42-17-7-10-20-48(42)63-49/h5-32H,33H2,1-4H3/i4D3. The van der Waals surface area contributed by atoms with Gasteiger partial charge in [0.2, 0.25) is 5.88 Å². The molecule has 0 spiro atoms. The molecule has 0 amide bonds. The van der Waals surface area contributed by atoms with E-state index in [1.165, 1.54) is 10.5 Å². The lowest BCUT2D eigenvalue weighted by Crippen LogP contribution is -2.57. The average molecular weight is 835 g/mol. The molecule has 0 atom stereocenters. The van der Waals surface area contributed by atoms with Crippen LogP contribution in [0.25, 0.3) is 44.2 Å².